The average Bonchev–Trinajstić information content (AvgIpc) is 3.14. The summed E-state index contributed by atoms with van der Waals surface area (Å²) in [6.07, 6.45) is -3.99. The maximum absolute atomic E-state index is 13.7. The van der Waals surface area contributed by atoms with Crippen molar-refractivity contribution in [2.75, 3.05) is 59.4 Å². The van der Waals surface area contributed by atoms with Gasteiger partial charge in [-0.2, -0.15) is 30.2 Å². The lowest BCUT2D eigenvalue weighted by Crippen LogP contribution is -2.58. The molecule has 10 nitrogen and oxygen atoms in total. The molecule has 1 amide bonds. The van der Waals surface area contributed by atoms with E-state index in [9.17, 15) is 31.5 Å². The van der Waals surface area contributed by atoms with Gasteiger partial charge in [0.25, 0.3) is 10.2 Å². The Kier molecular flexibility index (Phi) is 6.68. The third kappa shape index (κ3) is 4.72. The normalized spacial score (nSPS) is 22.5. The van der Waals surface area contributed by atoms with Crippen LogP contribution in [-0.4, -0.2) is 113 Å². The van der Waals surface area contributed by atoms with Crippen molar-refractivity contribution in [1.29, 1.82) is 0 Å². The van der Waals surface area contributed by atoms with E-state index in [2.05, 4.69) is 4.98 Å². The number of aryl methyl sites for hydroxylation is 1. The maximum Gasteiger partial charge on any atom is 0.425 e. The molecule has 0 bridgehead atoms. The molecule has 1 aromatic heterocycles. The van der Waals surface area contributed by atoms with E-state index >= 15 is 0 Å². The molecule has 3 heterocycles. The van der Waals surface area contributed by atoms with Crippen LogP contribution >= 0.6 is 0 Å². The number of amides is 1. The lowest BCUT2D eigenvalue weighted by Gasteiger charge is -2.39. The molecule has 14 heteroatoms. The quantitative estimate of drug-likeness (QED) is 0.607. The standard InChI is InChI=1S/C17H27F3N6O4S/c1-22-5-9-25(10-6-22)31(29,30)26-11-7-24(8-12-26)14(27)13-16(28,17(18,19)20)15-21-3-4-23(15)2/h3-4,28H,5-13H2,1-2H3. The van der Waals surface area contributed by atoms with Gasteiger partial charge in [0.15, 0.2) is 5.82 Å². The molecular formula is C17H27F3N6O4S. The average molecular weight is 469 g/mol. The number of piperazine rings is 2. The summed E-state index contributed by atoms with van der Waals surface area (Å²) in [4.78, 5) is 19.4. The Balaban J connectivity index is 1.65. The fraction of sp³-hybridized carbons (Fsp3) is 0.765. The summed E-state index contributed by atoms with van der Waals surface area (Å²) in [6.45, 7) is 1.80. The number of nitrogens with zero attached hydrogens (tertiary/aromatic N) is 6. The molecule has 1 unspecified atom stereocenters. The van der Waals surface area contributed by atoms with E-state index in [0.717, 1.165) is 15.7 Å². The molecule has 2 saturated heterocycles. The van der Waals surface area contributed by atoms with E-state index in [1.807, 2.05) is 11.9 Å². The van der Waals surface area contributed by atoms with Gasteiger partial charge in [-0.1, -0.05) is 0 Å². The zero-order chi connectivity index (χ0) is 23.0. The highest BCUT2D eigenvalue weighted by Gasteiger charge is 2.59. The highest BCUT2D eigenvalue weighted by Crippen LogP contribution is 2.41. The molecule has 0 radical (unpaired) electrons. The number of hydrogen-bond donors (Lipinski definition) is 1. The first kappa shape index (κ1) is 23.9. The largest absolute Gasteiger partial charge is 0.425 e. The highest BCUT2D eigenvalue weighted by atomic mass is 32.2. The van der Waals surface area contributed by atoms with Crippen molar-refractivity contribution in [2.24, 2.45) is 7.05 Å². The number of imidazole rings is 1. The highest BCUT2D eigenvalue weighted by molar-refractivity contribution is 7.86. The van der Waals surface area contributed by atoms with E-state index in [1.165, 1.54) is 21.9 Å². The molecule has 0 saturated carbocycles. The Labute approximate surface area is 179 Å². The van der Waals surface area contributed by atoms with E-state index in [1.54, 1.807) is 0 Å². The predicted molar refractivity (Wildman–Crippen MR) is 104 cm³/mol. The molecule has 2 aliphatic rings. The van der Waals surface area contributed by atoms with Crippen molar-refractivity contribution < 1.29 is 31.5 Å². The van der Waals surface area contributed by atoms with Crippen molar-refractivity contribution in [3.05, 3.63) is 18.2 Å². The number of aromatic nitrogens is 2. The molecule has 2 fully saturated rings. The fourth-order valence-electron chi connectivity index (χ4n) is 3.75. The summed E-state index contributed by atoms with van der Waals surface area (Å²) >= 11 is 0. The zero-order valence-electron chi connectivity index (χ0n) is 17.4. The number of halogens is 3. The van der Waals surface area contributed by atoms with Crippen molar-refractivity contribution in [3.63, 3.8) is 0 Å². The molecule has 176 valence electrons. The smallest absolute Gasteiger partial charge is 0.374 e. The van der Waals surface area contributed by atoms with Crippen molar-refractivity contribution in [3.8, 4) is 0 Å². The molecule has 0 spiro atoms. The summed E-state index contributed by atoms with van der Waals surface area (Å²) < 4.78 is 70.2. The molecule has 2 aliphatic heterocycles. The van der Waals surface area contributed by atoms with Gasteiger partial charge in [0.1, 0.15) is 0 Å². The Morgan fingerprint density at radius 2 is 1.55 bits per heavy atom. The molecular weight excluding hydrogens is 441 g/mol. The predicted octanol–water partition coefficient (Wildman–Crippen LogP) is -0.803. The summed E-state index contributed by atoms with van der Waals surface area (Å²) in [7, 11) is -0.496. The van der Waals surface area contributed by atoms with Gasteiger partial charge < -0.3 is 19.5 Å². The second kappa shape index (κ2) is 8.65. The Hall–Kier alpha value is -1.74. The van der Waals surface area contributed by atoms with Crippen LogP contribution in [0.1, 0.15) is 12.2 Å². The van der Waals surface area contributed by atoms with Crippen LogP contribution in [0.4, 0.5) is 13.2 Å². The van der Waals surface area contributed by atoms with Gasteiger partial charge >= 0.3 is 6.18 Å². The van der Waals surface area contributed by atoms with Crippen LogP contribution in [0.5, 0.6) is 0 Å². The number of alkyl halides is 3. The van der Waals surface area contributed by atoms with Crippen molar-refractivity contribution in [2.45, 2.75) is 18.2 Å². The Morgan fingerprint density at radius 1 is 1.03 bits per heavy atom. The third-order valence-corrected chi connectivity index (χ3v) is 7.81. The first-order valence-corrected chi connectivity index (χ1v) is 11.2. The third-order valence-electron chi connectivity index (χ3n) is 5.77. The number of carbonyl (C=O) groups excluding carboxylic acids is 1. The monoisotopic (exact) mass is 468 g/mol. The van der Waals surface area contributed by atoms with Gasteiger partial charge in [-0.25, -0.2) is 4.98 Å². The first-order valence-electron chi connectivity index (χ1n) is 9.85. The SMILES string of the molecule is CN1CCN(S(=O)(=O)N2CCN(C(=O)CC(O)(c3nccn3C)C(F)(F)F)CC2)CC1. The van der Waals surface area contributed by atoms with Crippen LogP contribution in [0.2, 0.25) is 0 Å². The van der Waals surface area contributed by atoms with Crippen LogP contribution in [0.25, 0.3) is 0 Å². The molecule has 1 atom stereocenters. The number of aliphatic hydroxyl groups is 1. The first-order chi connectivity index (χ1) is 14.4. The molecule has 1 aromatic rings. The van der Waals surface area contributed by atoms with Crippen LogP contribution in [0.3, 0.4) is 0 Å². The minimum atomic E-state index is -5.12. The van der Waals surface area contributed by atoms with E-state index < -0.39 is 40.1 Å². The fourth-order valence-corrected chi connectivity index (χ4v) is 5.33. The second-order valence-corrected chi connectivity index (χ2v) is 9.81. The van der Waals surface area contributed by atoms with E-state index in [4.69, 9.17) is 0 Å². The van der Waals surface area contributed by atoms with Crippen LogP contribution < -0.4 is 0 Å². The van der Waals surface area contributed by atoms with Gasteiger partial charge in [-0.15, -0.1) is 0 Å². The zero-order valence-corrected chi connectivity index (χ0v) is 18.2. The summed E-state index contributed by atoms with van der Waals surface area (Å²) in [5, 5.41) is 10.4. The molecule has 0 aromatic carbocycles. The van der Waals surface area contributed by atoms with Crippen molar-refractivity contribution >= 4 is 16.1 Å². The molecule has 3 rings (SSSR count). The summed E-state index contributed by atoms with van der Waals surface area (Å²) in [5.41, 5.74) is -3.44. The Morgan fingerprint density at radius 3 is 2.00 bits per heavy atom. The van der Waals surface area contributed by atoms with Gasteiger partial charge in [0, 0.05) is 71.8 Å². The molecule has 1 N–H and O–H groups in total. The topological polar surface area (TPSA) is 102 Å². The van der Waals surface area contributed by atoms with Gasteiger partial charge in [0.05, 0.1) is 6.42 Å². The maximum atomic E-state index is 13.7. The number of carbonyl (C=O) groups is 1. The van der Waals surface area contributed by atoms with Crippen LogP contribution in [0.15, 0.2) is 12.4 Å². The molecule has 0 aliphatic carbocycles. The number of rotatable bonds is 5. The minimum absolute atomic E-state index is 0.0206. The number of hydrogen-bond acceptors (Lipinski definition) is 6. The lowest BCUT2D eigenvalue weighted by molar-refractivity contribution is -0.272. The van der Waals surface area contributed by atoms with E-state index in [-0.39, 0.29) is 26.2 Å². The van der Waals surface area contributed by atoms with Crippen molar-refractivity contribution in [1.82, 2.24) is 28.0 Å². The van der Waals surface area contributed by atoms with Crippen LogP contribution in [0, 0.1) is 0 Å². The van der Waals surface area contributed by atoms with E-state index in [0.29, 0.717) is 26.2 Å². The lowest BCUT2D eigenvalue weighted by atomic mass is 9.96. The number of likely N-dealkylation sites (N-methyl/N-ethyl adjacent to an activating group) is 1. The summed E-state index contributed by atoms with van der Waals surface area (Å²) in [6, 6.07) is 0. The minimum Gasteiger partial charge on any atom is -0.374 e. The van der Waals surface area contributed by atoms with Gasteiger partial charge in [-0.05, 0) is 7.05 Å². The van der Waals surface area contributed by atoms with Gasteiger partial charge in [-0.3, -0.25) is 4.79 Å². The summed E-state index contributed by atoms with van der Waals surface area (Å²) in [5.74, 6) is -1.59. The van der Waals surface area contributed by atoms with Crippen LogP contribution in [-0.2, 0) is 27.7 Å². The Bertz CT molecular complexity index is 892. The van der Waals surface area contributed by atoms with Gasteiger partial charge in [0.2, 0.25) is 11.5 Å². The molecule has 31 heavy (non-hydrogen) atoms. The second-order valence-electron chi connectivity index (χ2n) is 7.89.